The summed E-state index contributed by atoms with van der Waals surface area (Å²) in [6, 6.07) is 4.78. The van der Waals surface area contributed by atoms with Gasteiger partial charge in [-0.3, -0.25) is 14.2 Å². The van der Waals surface area contributed by atoms with Gasteiger partial charge in [0.05, 0.1) is 6.42 Å². The fourth-order valence-electron chi connectivity index (χ4n) is 3.12. The van der Waals surface area contributed by atoms with Crippen LogP contribution in [0.25, 0.3) is 0 Å². The van der Waals surface area contributed by atoms with Crippen LogP contribution in [0.4, 0.5) is 15.3 Å². The second kappa shape index (κ2) is 9.99. The molecule has 1 fully saturated rings. The number of anilines is 1. The lowest BCUT2D eigenvalue weighted by Gasteiger charge is -2.30. The average molecular weight is 534 g/mol. The Hall–Kier alpha value is -2.47. The zero-order valence-electron chi connectivity index (χ0n) is 17.6. The Bertz CT molecular complexity index is 952. The molecule has 1 aliphatic rings. The van der Waals surface area contributed by atoms with E-state index in [0.29, 0.717) is 10.7 Å². The standard InChI is InChI=1S/C18H25BrN5O7P/c1-4-14(32(29,30)31)21-13(25)9-18(10(2)3)15(26)24(17(28)22-18)23-16(27)20-12-7-5-11(19)6-8-12/h5-8,10,14H,4,9H2,1-3H3,(H,21,25)(H,22,28)(H2,20,23,27)(H2,29,30,31). The third-order valence-corrected chi connectivity index (χ3v) is 6.81. The Labute approximate surface area is 192 Å². The van der Waals surface area contributed by atoms with Gasteiger partial charge in [0.1, 0.15) is 11.3 Å². The summed E-state index contributed by atoms with van der Waals surface area (Å²) in [5.41, 5.74) is 0.858. The first-order chi connectivity index (χ1) is 14.8. The van der Waals surface area contributed by atoms with E-state index in [0.717, 1.165) is 4.47 Å². The predicted molar refractivity (Wildman–Crippen MR) is 118 cm³/mol. The zero-order valence-corrected chi connectivity index (χ0v) is 20.1. The molecule has 2 rings (SSSR count). The van der Waals surface area contributed by atoms with E-state index in [1.807, 2.05) is 0 Å². The lowest BCUT2D eigenvalue weighted by Crippen LogP contribution is -2.56. The molecule has 1 aromatic carbocycles. The fraction of sp³-hybridized carbons (Fsp3) is 0.444. The molecule has 14 heteroatoms. The number of rotatable bonds is 8. The summed E-state index contributed by atoms with van der Waals surface area (Å²) in [6.45, 7) is 4.68. The van der Waals surface area contributed by atoms with Gasteiger partial charge in [0, 0.05) is 10.2 Å². The van der Waals surface area contributed by atoms with E-state index in [1.54, 1.807) is 38.1 Å². The topological polar surface area (TPSA) is 177 Å². The minimum atomic E-state index is -4.60. The number of imide groups is 1. The molecule has 176 valence electrons. The van der Waals surface area contributed by atoms with Crippen molar-refractivity contribution in [3.63, 3.8) is 0 Å². The molecule has 32 heavy (non-hydrogen) atoms. The highest BCUT2D eigenvalue weighted by molar-refractivity contribution is 9.10. The molecule has 1 aliphatic heterocycles. The summed E-state index contributed by atoms with van der Waals surface area (Å²) in [4.78, 5) is 68.9. The van der Waals surface area contributed by atoms with Crippen molar-refractivity contribution in [2.75, 3.05) is 5.32 Å². The lowest BCUT2D eigenvalue weighted by atomic mass is 9.83. The first kappa shape index (κ1) is 25.8. The van der Waals surface area contributed by atoms with Gasteiger partial charge in [-0.05, 0) is 36.6 Å². The van der Waals surface area contributed by atoms with Crippen molar-refractivity contribution in [2.24, 2.45) is 5.92 Å². The number of hydrogen-bond acceptors (Lipinski definition) is 5. The Morgan fingerprint density at radius 2 is 1.81 bits per heavy atom. The van der Waals surface area contributed by atoms with Crippen molar-refractivity contribution < 1.29 is 33.5 Å². The van der Waals surface area contributed by atoms with Crippen LogP contribution in [0.15, 0.2) is 28.7 Å². The van der Waals surface area contributed by atoms with Crippen LogP contribution < -0.4 is 21.4 Å². The maximum absolute atomic E-state index is 13.1. The number of carbonyl (C=O) groups is 4. The van der Waals surface area contributed by atoms with Crippen molar-refractivity contribution in [1.29, 1.82) is 0 Å². The molecule has 0 spiro atoms. The minimum Gasteiger partial charge on any atom is -0.342 e. The molecule has 12 nitrogen and oxygen atoms in total. The van der Waals surface area contributed by atoms with Crippen LogP contribution in [0, 0.1) is 5.92 Å². The number of hydrogen-bond donors (Lipinski definition) is 6. The quantitative estimate of drug-likeness (QED) is 0.218. The van der Waals surface area contributed by atoms with Crippen molar-refractivity contribution in [2.45, 2.75) is 44.9 Å². The molecule has 6 N–H and O–H groups in total. The Balaban J connectivity index is 2.14. The van der Waals surface area contributed by atoms with Gasteiger partial charge in [0.2, 0.25) is 5.91 Å². The van der Waals surface area contributed by atoms with Gasteiger partial charge >= 0.3 is 19.7 Å². The number of carbonyl (C=O) groups excluding carboxylic acids is 4. The third kappa shape index (κ3) is 5.85. The summed E-state index contributed by atoms with van der Waals surface area (Å²) in [7, 11) is -4.60. The van der Waals surface area contributed by atoms with Gasteiger partial charge in [-0.2, -0.15) is 5.01 Å². The highest BCUT2D eigenvalue weighted by Crippen LogP contribution is 2.41. The maximum Gasteiger partial charge on any atom is 0.347 e. The number of urea groups is 2. The van der Waals surface area contributed by atoms with E-state index in [9.17, 15) is 33.5 Å². The van der Waals surface area contributed by atoms with Crippen LogP contribution in [0.1, 0.15) is 33.6 Å². The number of nitrogens with one attached hydrogen (secondary N) is 4. The van der Waals surface area contributed by atoms with Crippen LogP contribution in [0.5, 0.6) is 0 Å². The first-order valence-corrected chi connectivity index (χ1v) is 12.1. The molecule has 1 aromatic rings. The lowest BCUT2D eigenvalue weighted by molar-refractivity contribution is -0.138. The van der Waals surface area contributed by atoms with E-state index >= 15 is 0 Å². The van der Waals surface area contributed by atoms with E-state index in [2.05, 4.69) is 37.3 Å². The number of benzene rings is 1. The highest BCUT2D eigenvalue weighted by atomic mass is 79.9. The Morgan fingerprint density at radius 3 is 2.31 bits per heavy atom. The number of nitrogens with zero attached hydrogens (tertiary/aromatic N) is 1. The van der Waals surface area contributed by atoms with Crippen LogP contribution in [-0.4, -0.2) is 50.0 Å². The zero-order chi connectivity index (χ0) is 24.3. The fourth-order valence-corrected chi connectivity index (χ4v) is 4.17. The van der Waals surface area contributed by atoms with Gasteiger partial charge in [-0.15, -0.1) is 0 Å². The summed E-state index contributed by atoms with van der Waals surface area (Å²) >= 11 is 3.26. The second-order valence-electron chi connectivity index (χ2n) is 7.53. The van der Waals surface area contributed by atoms with Crippen LogP contribution in [-0.2, 0) is 14.2 Å². The average Bonchev–Trinajstić information content (AvgIpc) is 2.92. The van der Waals surface area contributed by atoms with Crippen LogP contribution >= 0.6 is 23.5 Å². The highest BCUT2D eigenvalue weighted by Gasteiger charge is 2.55. The molecule has 2 unspecified atom stereocenters. The SMILES string of the molecule is CCC(NC(=O)CC1(C(C)C)NC(=O)N(NC(=O)Nc2ccc(Br)cc2)C1=O)P(=O)(O)O. The van der Waals surface area contributed by atoms with Crippen LogP contribution in [0.2, 0.25) is 0 Å². The monoisotopic (exact) mass is 533 g/mol. The van der Waals surface area contributed by atoms with E-state index in [1.165, 1.54) is 6.92 Å². The summed E-state index contributed by atoms with van der Waals surface area (Å²) in [6.07, 6.45) is -0.604. The third-order valence-electron chi connectivity index (χ3n) is 4.98. The van der Waals surface area contributed by atoms with E-state index in [4.69, 9.17) is 0 Å². The number of hydrazine groups is 1. The van der Waals surface area contributed by atoms with Gasteiger partial charge < -0.3 is 25.7 Å². The maximum atomic E-state index is 13.1. The molecular formula is C18H25BrN5O7P. The van der Waals surface area contributed by atoms with Crippen molar-refractivity contribution in [3.05, 3.63) is 28.7 Å². The summed E-state index contributed by atoms with van der Waals surface area (Å²) in [5.74, 6) is -3.70. The molecule has 2 atom stereocenters. The smallest absolute Gasteiger partial charge is 0.342 e. The molecule has 0 aromatic heterocycles. The minimum absolute atomic E-state index is 0.0328. The van der Waals surface area contributed by atoms with E-state index in [-0.39, 0.29) is 6.42 Å². The van der Waals surface area contributed by atoms with E-state index < -0.39 is 55.1 Å². The van der Waals surface area contributed by atoms with Gasteiger partial charge in [0.15, 0.2) is 0 Å². The molecule has 0 bridgehead atoms. The van der Waals surface area contributed by atoms with Crippen molar-refractivity contribution in [3.8, 4) is 0 Å². The summed E-state index contributed by atoms with van der Waals surface area (Å²) in [5, 5.41) is 7.60. The molecule has 0 aliphatic carbocycles. The molecule has 0 saturated carbocycles. The second-order valence-corrected chi connectivity index (χ2v) is 10.2. The molecule has 1 saturated heterocycles. The Kier molecular flexibility index (Phi) is 8.05. The molecule has 6 amide bonds. The molecule has 0 radical (unpaired) electrons. The normalized spacial score (nSPS) is 19.5. The van der Waals surface area contributed by atoms with Crippen molar-refractivity contribution >= 4 is 53.1 Å². The predicted octanol–water partition coefficient (Wildman–Crippen LogP) is 1.85. The van der Waals surface area contributed by atoms with Crippen molar-refractivity contribution in [1.82, 2.24) is 21.1 Å². The first-order valence-electron chi connectivity index (χ1n) is 9.64. The summed E-state index contributed by atoms with van der Waals surface area (Å²) < 4.78 is 12.3. The Morgan fingerprint density at radius 1 is 1.22 bits per heavy atom. The van der Waals surface area contributed by atoms with Gasteiger partial charge in [-0.1, -0.05) is 36.7 Å². The van der Waals surface area contributed by atoms with Gasteiger partial charge in [0.25, 0.3) is 5.91 Å². The molecular weight excluding hydrogens is 509 g/mol. The number of amides is 6. The van der Waals surface area contributed by atoms with Crippen LogP contribution in [0.3, 0.4) is 0 Å². The van der Waals surface area contributed by atoms with Gasteiger partial charge in [-0.25, -0.2) is 15.0 Å². The molecule has 1 heterocycles. The largest absolute Gasteiger partial charge is 0.347 e. The number of halogens is 1.